The first-order valence-corrected chi connectivity index (χ1v) is 10.7. The number of hydrogen-bond donors (Lipinski definition) is 0. The van der Waals surface area contributed by atoms with Crippen LogP contribution in [0.5, 0.6) is 0 Å². The minimum atomic E-state index is -3.58. The van der Waals surface area contributed by atoms with E-state index in [9.17, 15) is 8.42 Å². The summed E-state index contributed by atoms with van der Waals surface area (Å²) >= 11 is 0. The fourth-order valence-corrected chi connectivity index (χ4v) is 4.17. The maximum Gasteiger partial charge on any atom is 0.264 e. The van der Waals surface area contributed by atoms with Crippen LogP contribution in [0.2, 0.25) is 0 Å². The first-order valence-electron chi connectivity index (χ1n) is 9.25. The third kappa shape index (κ3) is 4.53. The molecular formula is C24H25NO2S. The van der Waals surface area contributed by atoms with Gasteiger partial charge in [0.2, 0.25) is 0 Å². The number of aryl methyl sites for hydroxylation is 1. The average Bonchev–Trinajstić information content (AvgIpc) is 2.67. The molecule has 0 aliphatic carbocycles. The SMILES string of the molecule is Cc1ccc(S(=O)(=O)N2C=CC(C)(C)C(=C=C/C=C/c3ccccc3)C2)cc1. The lowest BCUT2D eigenvalue weighted by Crippen LogP contribution is -2.35. The van der Waals surface area contributed by atoms with Gasteiger partial charge in [-0.25, -0.2) is 8.42 Å². The fourth-order valence-electron chi connectivity index (χ4n) is 2.90. The highest BCUT2D eigenvalue weighted by molar-refractivity contribution is 7.89. The summed E-state index contributed by atoms with van der Waals surface area (Å²) < 4.78 is 27.3. The van der Waals surface area contributed by atoms with Gasteiger partial charge in [0.15, 0.2) is 0 Å². The van der Waals surface area contributed by atoms with E-state index in [0.717, 1.165) is 16.7 Å². The van der Waals surface area contributed by atoms with Crippen molar-refractivity contribution in [2.45, 2.75) is 25.7 Å². The van der Waals surface area contributed by atoms with Gasteiger partial charge in [-0.1, -0.05) is 80.1 Å². The first kappa shape index (κ1) is 19.9. The second kappa shape index (κ2) is 8.05. The Hall–Kier alpha value is -2.81. The molecule has 2 aromatic rings. The number of nitrogens with zero attached hydrogens (tertiary/aromatic N) is 1. The van der Waals surface area contributed by atoms with E-state index in [4.69, 9.17) is 0 Å². The molecule has 144 valence electrons. The number of hydrogen-bond acceptors (Lipinski definition) is 2. The predicted molar refractivity (Wildman–Crippen MR) is 115 cm³/mol. The van der Waals surface area contributed by atoms with Crippen molar-refractivity contribution in [3.63, 3.8) is 0 Å². The zero-order chi connectivity index (χ0) is 20.2. The smallest absolute Gasteiger partial charge is 0.264 e. The molecule has 0 unspecified atom stereocenters. The van der Waals surface area contributed by atoms with E-state index in [2.05, 4.69) is 19.6 Å². The van der Waals surface area contributed by atoms with Crippen LogP contribution in [0, 0.1) is 12.3 Å². The summed E-state index contributed by atoms with van der Waals surface area (Å²) in [5.74, 6) is 0. The van der Waals surface area contributed by atoms with Crippen LogP contribution in [-0.4, -0.2) is 19.3 Å². The highest BCUT2D eigenvalue weighted by Gasteiger charge is 2.31. The molecule has 28 heavy (non-hydrogen) atoms. The lowest BCUT2D eigenvalue weighted by molar-refractivity contribution is 0.445. The molecule has 0 fully saturated rings. The van der Waals surface area contributed by atoms with Crippen molar-refractivity contribution in [2.24, 2.45) is 5.41 Å². The van der Waals surface area contributed by atoms with Gasteiger partial charge in [0.05, 0.1) is 11.4 Å². The minimum absolute atomic E-state index is 0.254. The molecule has 2 aromatic carbocycles. The van der Waals surface area contributed by atoms with Crippen LogP contribution >= 0.6 is 0 Å². The summed E-state index contributed by atoms with van der Waals surface area (Å²) in [5, 5.41) is 0. The lowest BCUT2D eigenvalue weighted by Gasteiger charge is -2.33. The first-order chi connectivity index (χ1) is 13.3. The van der Waals surface area contributed by atoms with E-state index in [1.165, 1.54) is 4.31 Å². The second-order valence-corrected chi connectivity index (χ2v) is 9.35. The quantitative estimate of drug-likeness (QED) is 0.521. The highest BCUT2D eigenvalue weighted by Crippen LogP contribution is 2.34. The zero-order valence-electron chi connectivity index (χ0n) is 16.5. The summed E-state index contributed by atoms with van der Waals surface area (Å²) in [4.78, 5) is 0.301. The van der Waals surface area contributed by atoms with Gasteiger partial charge in [-0.05, 0) is 30.7 Å². The Labute approximate surface area is 168 Å². The van der Waals surface area contributed by atoms with E-state index in [0.29, 0.717) is 4.90 Å². The van der Waals surface area contributed by atoms with Crippen LogP contribution in [0.3, 0.4) is 0 Å². The molecule has 0 saturated heterocycles. The Kier molecular flexibility index (Phi) is 5.73. The molecule has 0 atom stereocenters. The number of sulfonamides is 1. The Morgan fingerprint density at radius 3 is 2.39 bits per heavy atom. The molecule has 0 radical (unpaired) electrons. The van der Waals surface area contributed by atoms with Gasteiger partial charge in [-0.2, -0.15) is 0 Å². The van der Waals surface area contributed by atoms with Crippen LogP contribution in [-0.2, 0) is 10.0 Å². The Morgan fingerprint density at radius 2 is 1.71 bits per heavy atom. The normalized spacial score (nSPS) is 16.2. The topological polar surface area (TPSA) is 37.4 Å². The number of allylic oxidation sites excluding steroid dienone is 2. The largest absolute Gasteiger partial charge is 0.269 e. The maximum atomic E-state index is 13.0. The predicted octanol–water partition coefficient (Wildman–Crippen LogP) is 5.33. The summed E-state index contributed by atoms with van der Waals surface area (Å²) in [6, 6.07) is 17.0. The number of benzene rings is 2. The van der Waals surface area contributed by atoms with Crippen molar-refractivity contribution in [3.05, 3.63) is 101 Å². The minimum Gasteiger partial charge on any atom is -0.269 e. The molecule has 1 aliphatic rings. The van der Waals surface area contributed by atoms with Crippen LogP contribution in [0.4, 0.5) is 0 Å². The van der Waals surface area contributed by atoms with Crippen LogP contribution in [0.15, 0.2) is 95.2 Å². The van der Waals surface area contributed by atoms with Crippen LogP contribution in [0.1, 0.15) is 25.0 Å². The van der Waals surface area contributed by atoms with Gasteiger partial charge >= 0.3 is 0 Å². The van der Waals surface area contributed by atoms with Gasteiger partial charge in [0, 0.05) is 17.2 Å². The monoisotopic (exact) mass is 391 g/mol. The molecule has 0 saturated carbocycles. The van der Waals surface area contributed by atoms with Gasteiger partial charge in [0.25, 0.3) is 10.0 Å². The van der Waals surface area contributed by atoms with Gasteiger partial charge in [0.1, 0.15) is 0 Å². The summed E-state index contributed by atoms with van der Waals surface area (Å²) in [6.45, 7) is 6.36. The van der Waals surface area contributed by atoms with Crippen LogP contribution in [0.25, 0.3) is 6.08 Å². The van der Waals surface area contributed by atoms with Crippen molar-refractivity contribution < 1.29 is 8.42 Å². The summed E-state index contributed by atoms with van der Waals surface area (Å²) in [5.41, 5.74) is 6.10. The van der Waals surface area contributed by atoms with E-state index < -0.39 is 10.0 Å². The Balaban J connectivity index is 1.87. The van der Waals surface area contributed by atoms with E-state index in [1.54, 1.807) is 18.3 Å². The van der Waals surface area contributed by atoms with Gasteiger partial charge < -0.3 is 0 Å². The van der Waals surface area contributed by atoms with Gasteiger partial charge in [-0.15, -0.1) is 5.73 Å². The van der Waals surface area contributed by atoms with E-state index in [1.807, 2.05) is 73.7 Å². The number of rotatable bonds is 4. The molecule has 0 amide bonds. The third-order valence-electron chi connectivity index (χ3n) is 4.82. The molecule has 3 nitrogen and oxygen atoms in total. The maximum absolute atomic E-state index is 13.0. The molecule has 1 aliphatic heterocycles. The van der Waals surface area contributed by atoms with Crippen molar-refractivity contribution in [1.82, 2.24) is 4.31 Å². The Morgan fingerprint density at radius 1 is 1.04 bits per heavy atom. The van der Waals surface area contributed by atoms with Crippen molar-refractivity contribution in [3.8, 4) is 0 Å². The van der Waals surface area contributed by atoms with Crippen molar-refractivity contribution >= 4 is 16.1 Å². The molecule has 0 spiro atoms. The molecule has 0 bridgehead atoms. The van der Waals surface area contributed by atoms with E-state index >= 15 is 0 Å². The second-order valence-electron chi connectivity index (χ2n) is 7.46. The fraction of sp³-hybridized carbons (Fsp3) is 0.208. The highest BCUT2D eigenvalue weighted by atomic mass is 32.2. The van der Waals surface area contributed by atoms with Gasteiger partial charge in [-0.3, -0.25) is 4.31 Å². The molecule has 3 rings (SSSR count). The van der Waals surface area contributed by atoms with Crippen LogP contribution < -0.4 is 0 Å². The van der Waals surface area contributed by atoms with Crippen molar-refractivity contribution in [1.29, 1.82) is 0 Å². The Bertz CT molecular complexity index is 1050. The summed E-state index contributed by atoms with van der Waals surface area (Å²) in [6.07, 6.45) is 9.36. The molecule has 0 N–H and O–H groups in total. The summed E-state index contributed by atoms with van der Waals surface area (Å²) in [7, 11) is -3.58. The molecule has 0 aromatic heterocycles. The molecular weight excluding hydrogens is 366 g/mol. The molecule has 4 heteroatoms. The zero-order valence-corrected chi connectivity index (χ0v) is 17.3. The van der Waals surface area contributed by atoms with Crippen molar-refractivity contribution in [2.75, 3.05) is 6.54 Å². The third-order valence-corrected chi connectivity index (χ3v) is 6.55. The molecule has 1 heterocycles. The average molecular weight is 392 g/mol. The van der Waals surface area contributed by atoms with E-state index in [-0.39, 0.29) is 12.0 Å². The lowest BCUT2D eigenvalue weighted by atomic mass is 9.83. The standard InChI is InChI=1S/C24H25NO2S/c1-20-13-15-23(16-14-20)28(26,27)25-18-17-24(2,3)22(19-25)12-8-7-11-21-9-5-4-6-10-21/h4-11,13-18H,19H2,1-3H3/b11-7+.